The second-order valence-electron chi connectivity index (χ2n) is 4.92. The van der Waals surface area contributed by atoms with Crippen LogP contribution in [0.1, 0.15) is 0 Å². The summed E-state index contributed by atoms with van der Waals surface area (Å²) in [5.41, 5.74) is 17.2. The third-order valence-corrected chi connectivity index (χ3v) is 4.08. The van der Waals surface area contributed by atoms with Crippen LogP contribution in [0.4, 0.5) is 0 Å². The molecular formula is C9H16N6O8S2. The van der Waals surface area contributed by atoms with Gasteiger partial charge in [0.1, 0.15) is 6.10 Å². The summed E-state index contributed by atoms with van der Waals surface area (Å²) in [6.45, 7) is -0.352. The lowest BCUT2D eigenvalue weighted by Gasteiger charge is -2.42. The average molecular weight is 400 g/mol. The first-order valence-corrected chi connectivity index (χ1v) is 10.2. The zero-order valence-electron chi connectivity index (χ0n) is 13.4. The van der Waals surface area contributed by atoms with Crippen LogP contribution in [0, 0.1) is 0 Å². The highest BCUT2D eigenvalue weighted by atomic mass is 32.2. The van der Waals surface area contributed by atoms with E-state index in [1.165, 1.54) is 0 Å². The molecular weight excluding hydrogens is 384 g/mol. The summed E-state index contributed by atoms with van der Waals surface area (Å²) in [7, 11) is -7.04. The highest BCUT2D eigenvalue weighted by molar-refractivity contribution is 7.86. The van der Waals surface area contributed by atoms with Gasteiger partial charge >= 0.3 is 0 Å². The lowest BCUT2D eigenvalue weighted by molar-refractivity contribution is -0.249. The Kier molecular flexibility index (Phi) is 7.40. The quantitative estimate of drug-likeness (QED) is 0.235. The fraction of sp³-hybridized carbons (Fsp3) is 1.00. The van der Waals surface area contributed by atoms with E-state index >= 15 is 0 Å². The van der Waals surface area contributed by atoms with E-state index in [-0.39, 0.29) is 6.54 Å². The van der Waals surface area contributed by atoms with Crippen LogP contribution >= 0.6 is 0 Å². The third-order valence-electron chi connectivity index (χ3n) is 2.93. The summed E-state index contributed by atoms with van der Waals surface area (Å²) >= 11 is 0. The van der Waals surface area contributed by atoms with Gasteiger partial charge in [-0.15, -0.1) is 0 Å². The van der Waals surface area contributed by atoms with Crippen molar-refractivity contribution in [2.75, 3.05) is 26.2 Å². The monoisotopic (exact) mass is 400 g/mol. The first-order valence-electron chi connectivity index (χ1n) is 6.52. The van der Waals surface area contributed by atoms with Crippen molar-refractivity contribution in [2.24, 2.45) is 10.2 Å². The van der Waals surface area contributed by atoms with Gasteiger partial charge in [-0.2, -0.15) is 16.8 Å². The van der Waals surface area contributed by atoms with E-state index in [0.29, 0.717) is 0 Å². The highest BCUT2D eigenvalue weighted by Gasteiger charge is 2.50. The predicted octanol–water partition coefficient (Wildman–Crippen LogP) is 0.0365. The second kappa shape index (κ2) is 8.64. The summed E-state index contributed by atoms with van der Waals surface area (Å²) in [6, 6.07) is -1.37. The fourth-order valence-corrected chi connectivity index (χ4v) is 3.39. The van der Waals surface area contributed by atoms with Crippen LogP contribution in [0.3, 0.4) is 0 Å². The maximum absolute atomic E-state index is 11.6. The topological polar surface area (TPSA) is 203 Å². The lowest BCUT2D eigenvalue weighted by atomic mass is 9.97. The van der Waals surface area contributed by atoms with E-state index in [4.69, 9.17) is 28.9 Å². The minimum absolute atomic E-state index is 0.352. The molecule has 5 atom stereocenters. The summed E-state index contributed by atoms with van der Waals surface area (Å²) in [5, 5.41) is 6.66. The van der Waals surface area contributed by atoms with Gasteiger partial charge in [0.15, 0.2) is 12.4 Å². The first-order chi connectivity index (χ1) is 11.5. The number of azide groups is 2. The summed E-state index contributed by atoms with van der Waals surface area (Å²) in [4.78, 5) is 5.11. The molecule has 1 aliphatic heterocycles. The Bertz CT molecular complexity index is 772. The lowest BCUT2D eigenvalue weighted by Crippen LogP contribution is -2.60. The Hall–Kier alpha value is -1.64. The second-order valence-corrected chi connectivity index (χ2v) is 8.12. The molecule has 0 bridgehead atoms. The van der Waals surface area contributed by atoms with E-state index in [2.05, 4.69) is 20.1 Å². The van der Waals surface area contributed by atoms with Gasteiger partial charge in [-0.25, -0.2) is 0 Å². The van der Waals surface area contributed by atoms with E-state index in [0.717, 1.165) is 19.6 Å². The van der Waals surface area contributed by atoms with Crippen molar-refractivity contribution in [2.45, 2.75) is 30.6 Å². The average Bonchev–Trinajstić information content (AvgIpc) is 2.47. The largest absolute Gasteiger partial charge is 0.353 e. The highest BCUT2D eigenvalue weighted by Crippen LogP contribution is 2.30. The van der Waals surface area contributed by atoms with E-state index in [9.17, 15) is 16.8 Å². The van der Waals surface area contributed by atoms with Crippen molar-refractivity contribution in [1.82, 2.24) is 0 Å². The molecule has 16 heteroatoms. The zero-order chi connectivity index (χ0) is 19.3. The molecule has 1 rings (SSSR count). The van der Waals surface area contributed by atoms with Crippen LogP contribution in [-0.2, 0) is 38.1 Å². The van der Waals surface area contributed by atoms with Gasteiger partial charge in [0.25, 0.3) is 20.2 Å². The van der Waals surface area contributed by atoms with Crippen molar-refractivity contribution in [3.05, 3.63) is 20.9 Å². The number of ether oxygens (including phenoxy) is 2. The number of nitrogens with zero attached hydrogens (tertiary/aromatic N) is 6. The smallest absolute Gasteiger partial charge is 0.264 e. The molecule has 0 aromatic heterocycles. The van der Waals surface area contributed by atoms with Crippen LogP contribution in [-0.4, -0.2) is 73.6 Å². The van der Waals surface area contributed by atoms with Crippen molar-refractivity contribution in [3.63, 3.8) is 0 Å². The van der Waals surface area contributed by atoms with Gasteiger partial charge in [0, 0.05) is 16.9 Å². The molecule has 14 nitrogen and oxygen atoms in total. The van der Waals surface area contributed by atoms with Crippen molar-refractivity contribution >= 4 is 20.2 Å². The molecule has 1 fully saturated rings. The zero-order valence-corrected chi connectivity index (χ0v) is 15.0. The van der Waals surface area contributed by atoms with E-state index in [1.54, 1.807) is 0 Å². The predicted molar refractivity (Wildman–Crippen MR) is 82.1 cm³/mol. The molecule has 0 saturated carbocycles. The Balaban J connectivity index is 3.40. The Morgan fingerprint density at radius 1 is 1.04 bits per heavy atom. The van der Waals surface area contributed by atoms with Gasteiger partial charge in [-0.05, 0) is 11.1 Å². The maximum atomic E-state index is 11.6. The first kappa shape index (κ1) is 21.4. The van der Waals surface area contributed by atoms with Crippen LogP contribution in [0.5, 0.6) is 0 Å². The molecule has 0 aromatic carbocycles. The molecule has 0 aliphatic carbocycles. The molecule has 1 aliphatic rings. The van der Waals surface area contributed by atoms with Gasteiger partial charge in [-0.3, -0.25) is 8.37 Å². The summed E-state index contributed by atoms with van der Waals surface area (Å²) in [6.07, 6.45) is -4.28. The van der Waals surface area contributed by atoms with E-state index in [1.807, 2.05) is 0 Å². The Morgan fingerprint density at radius 3 is 2.04 bits per heavy atom. The van der Waals surface area contributed by atoms with Crippen LogP contribution in [0.15, 0.2) is 10.2 Å². The molecule has 0 amide bonds. The van der Waals surface area contributed by atoms with Crippen molar-refractivity contribution in [3.8, 4) is 0 Å². The molecule has 1 saturated heterocycles. The molecule has 0 unspecified atom stereocenters. The minimum atomic E-state index is -4.11. The van der Waals surface area contributed by atoms with Gasteiger partial charge in [-0.1, -0.05) is 10.2 Å². The van der Waals surface area contributed by atoms with E-state index < -0.39 is 50.9 Å². The van der Waals surface area contributed by atoms with Gasteiger partial charge < -0.3 is 9.47 Å². The maximum Gasteiger partial charge on any atom is 0.264 e. The Labute approximate surface area is 143 Å². The normalized spacial score (nSPS) is 30.1. The van der Waals surface area contributed by atoms with Gasteiger partial charge in [0.2, 0.25) is 0 Å². The standard InChI is InChI=1S/C9H16N6O8S2/c1-20-9-8(23-25(3,18)19)7(22-24(2,16)17)6(13-15-11)5(21-9)4-12-14-10/h5-9H,4H2,1-3H3/t5-,6+,7+,8+,9+/m0/s1. The van der Waals surface area contributed by atoms with Crippen LogP contribution in [0.2, 0.25) is 0 Å². The van der Waals surface area contributed by atoms with Gasteiger partial charge in [0.05, 0.1) is 31.2 Å². The number of hydrogen-bond donors (Lipinski definition) is 0. The number of hydrogen-bond acceptors (Lipinski definition) is 10. The fourth-order valence-electron chi connectivity index (χ4n) is 2.16. The molecule has 1 heterocycles. The molecule has 0 aromatic rings. The summed E-state index contributed by atoms with van der Waals surface area (Å²) in [5.74, 6) is 0. The molecule has 0 spiro atoms. The molecule has 25 heavy (non-hydrogen) atoms. The molecule has 142 valence electrons. The Morgan fingerprint density at radius 2 is 1.60 bits per heavy atom. The number of methoxy groups -OCH3 is 1. The third kappa shape index (κ3) is 6.64. The van der Waals surface area contributed by atoms with Crippen molar-refractivity contribution in [1.29, 1.82) is 0 Å². The molecule has 0 N–H and O–H groups in total. The minimum Gasteiger partial charge on any atom is -0.353 e. The SMILES string of the molecule is CO[C@@H]1O[C@@H](CN=[N+]=[N-])[C@@H](N=[N+]=[N-])[C@@H](OS(C)(=O)=O)[C@H]1OS(C)(=O)=O. The van der Waals surface area contributed by atoms with Crippen molar-refractivity contribution < 1.29 is 34.7 Å². The number of rotatable bonds is 8. The van der Waals surface area contributed by atoms with Crippen LogP contribution < -0.4 is 0 Å². The molecule has 0 radical (unpaired) electrons. The van der Waals surface area contributed by atoms with Crippen LogP contribution in [0.25, 0.3) is 20.9 Å². The summed E-state index contributed by atoms with van der Waals surface area (Å²) < 4.78 is 66.1.